The Bertz CT molecular complexity index is 295. The molecule has 84 valence electrons. The lowest BCUT2D eigenvalue weighted by atomic mass is 10.1. The van der Waals surface area contributed by atoms with Crippen LogP contribution in [0.25, 0.3) is 0 Å². The standard InChI is InChI=1S/C11H17NO3/c1-3-9(7-11(13)14)12(2)8-10-5-4-6-15-10/h4-6,9H,3,7-8H2,1-2H3,(H,13,14). The van der Waals surface area contributed by atoms with Crippen LogP contribution in [0.5, 0.6) is 0 Å². The summed E-state index contributed by atoms with van der Waals surface area (Å²) < 4.78 is 5.21. The number of nitrogens with zero attached hydrogens (tertiary/aromatic N) is 1. The minimum atomic E-state index is -0.756. The van der Waals surface area contributed by atoms with Gasteiger partial charge in [0, 0.05) is 6.04 Å². The van der Waals surface area contributed by atoms with Gasteiger partial charge in [0.2, 0.25) is 0 Å². The van der Waals surface area contributed by atoms with Crippen LogP contribution in [0.2, 0.25) is 0 Å². The van der Waals surface area contributed by atoms with Crippen LogP contribution in [0.4, 0.5) is 0 Å². The van der Waals surface area contributed by atoms with Crippen LogP contribution < -0.4 is 0 Å². The Morgan fingerprint density at radius 3 is 2.87 bits per heavy atom. The number of carboxylic acids is 1. The predicted molar refractivity (Wildman–Crippen MR) is 56.5 cm³/mol. The molecule has 0 radical (unpaired) electrons. The highest BCUT2D eigenvalue weighted by Gasteiger charge is 2.17. The predicted octanol–water partition coefficient (Wildman–Crippen LogP) is 1.96. The van der Waals surface area contributed by atoms with Crippen LogP contribution in [0, 0.1) is 0 Å². The van der Waals surface area contributed by atoms with E-state index in [0.29, 0.717) is 6.54 Å². The van der Waals surface area contributed by atoms with Gasteiger partial charge in [0.15, 0.2) is 0 Å². The summed E-state index contributed by atoms with van der Waals surface area (Å²) in [5.41, 5.74) is 0. The molecule has 1 aromatic rings. The fourth-order valence-corrected chi connectivity index (χ4v) is 1.59. The number of aliphatic carboxylic acids is 1. The molecule has 4 heteroatoms. The summed E-state index contributed by atoms with van der Waals surface area (Å²) in [6.07, 6.45) is 2.62. The van der Waals surface area contributed by atoms with Crippen LogP contribution in [0.1, 0.15) is 25.5 Å². The van der Waals surface area contributed by atoms with E-state index in [1.54, 1.807) is 6.26 Å². The zero-order chi connectivity index (χ0) is 11.3. The van der Waals surface area contributed by atoms with Gasteiger partial charge in [-0.05, 0) is 25.6 Å². The summed E-state index contributed by atoms with van der Waals surface area (Å²) in [5, 5.41) is 8.74. The fraction of sp³-hybridized carbons (Fsp3) is 0.545. The molecular weight excluding hydrogens is 194 g/mol. The summed E-state index contributed by atoms with van der Waals surface area (Å²) in [4.78, 5) is 12.6. The van der Waals surface area contributed by atoms with Gasteiger partial charge in [-0.15, -0.1) is 0 Å². The van der Waals surface area contributed by atoms with Crippen molar-refractivity contribution in [2.75, 3.05) is 7.05 Å². The highest BCUT2D eigenvalue weighted by Crippen LogP contribution is 2.11. The lowest BCUT2D eigenvalue weighted by Gasteiger charge is -2.24. The molecular formula is C11H17NO3. The van der Waals surface area contributed by atoms with Gasteiger partial charge in [0.25, 0.3) is 0 Å². The number of carbonyl (C=O) groups is 1. The van der Waals surface area contributed by atoms with E-state index in [0.717, 1.165) is 12.2 Å². The Labute approximate surface area is 89.5 Å². The van der Waals surface area contributed by atoms with Gasteiger partial charge >= 0.3 is 5.97 Å². The molecule has 0 saturated carbocycles. The monoisotopic (exact) mass is 211 g/mol. The molecule has 0 bridgehead atoms. The van der Waals surface area contributed by atoms with Gasteiger partial charge in [-0.25, -0.2) is 0 Å². The SMILES string of the molecule is CCC(CC(=O)O)N(C)Cc1ccco1. The second kappa shape index (κ2) is 5.56. The second-order valence-corrected chi connectivity index (χ2v) is 3.65. The molecule has 0 fully saturated rings. The molecule has 0 spiro atoms. The first-order valence-electron chi connectivity index (χ1n) is 5.08. The van der Waals surface area contributed by atoms with Crippen LogP contribution in [0.15, 0.2) is 22.8 Å². The third kappa shape index (κ3) is 3.75. The minimum Gasteiger partial charge on any atom is -0.481 e. The number of hydrogen-bond acceptors (Lipinski definition) is 3. The van der Waals surface area contributed by atoms with E-state index in [1.165, 1.54) is 0 Å². The Kier molecular flexibility index (Phi) is 4.37. The number of furan rings is 1. The third-order valence-corrected chi connectivity index (χ3v) is 2.49. The van der Waals surface area contributed by atoms with Crippen molar-refractivity contribution in [2.45, 2.75) is 32.4 Å². The van der Waals surface area contributed by atoms with Gasteiger partial charge in [-0.2, -0.15) is 0 Å². The molecule has 1 aromatic heterocycles. The van der Waals surface area contributed by atoms with Crippen molar-refractivity contribution < 1.29 is 14.3 Å². The average molecular weight is 211 g/mol. The fourth-order valence-electron chi connectivity index (χ4n) is 1.59. The van der Waals surface area contributed by atoms with Crippen LogP contribution in [0.3, 0.4) is 0 Å². The number of rotatable bonds is 6. The first-order valence-corrected chi connectivity index (χ1v) is 5.08. The van der Waals surface area contributed by atoms with E-state index in [1.807, 2.05) is 31.0 Å². The Balaban J connectivity index is 2.49. The molecule has 0 amide bonds. The molecule has 0 aliphatic carbocycles. The highest BCUT2D eigenvalue weighted by molar-refractivity contribution is 5.67. The van der Waals surface area contributed by atoms with Crippen molar-refractivity contribution in [3.05, 3.63) is 24.2 Å². The topological polar surface area (TPSA) is 53.7 Å². The molecule has 1 rings (SSSR count). The molecule has 0 aliphatic rings. The van der Waals surface area contributed by atoms with Crippen molar-refractivity contribution >= 4 is 5.97 Å². The van der Waals surface area contributed by atoms with E-state index in [2.05, 4.69) is 0 Å². The minimum absolute atomic E-state index is 0.0626. The lowest BCUT2D eigenvalue weighted by molar-refractivity contribution is -0.138. The van der Waals surface area contributed by atoms with Crippen molar-refractivity contribution in [1.29, 1.82) is 0 Å². The third-order valence-electron chi connectivity index (χ3n) is 2.49. The molecule has 15 heavy (non-hydrogen) atoms. The van der Waals surface area contributed by atoms with E-state index < -0.39 is 5.97 Å². The normalized spacial score (nSPS) is 13.0. The van der Waals surface area contributed by atoms with Crippen LogP contribution in [-0.2, 0) is 11.3 Å². The Morgan fingerprint density at radius 2 is 2.40 bits per heavy atom. The molecule has 1 heterocycles. The van der Waals surface area contributed by atoms with Gasteiger partial charge in [0.05, 0.1) is 19.2 Å². The van der Waals surface area contributed by atoms with Gasteiger partial charge in [-0.3, -0.25) is 9.69 Å². The summed E-state index contributed by atoms with van der Waals surface area (Å²) in [5.74, 6) is 0.106. The maximum atomic E-state index is 10.6. The lowest BCUT2D eigenvalue weighted by Crippen LogP contribution is -2.32. The first-order chi connectivity index (χ1) is 7.13. The maximum absolute atomic E-state index is 10.6. The van der Waals surface area contributed by atoms with Crippen LogP contribution in [-0.4, -0.2) is 29.1 Å². The zero-order valence-corrected chi connectivity index (χ0v) is 9.14. The molecule has 0 aliphatic heterocycles. The Morgan fingerprint density at radius 1 is 1.67 bits per heavy atom. The van der Waals surface area contributed by atoms with E-state index in [9.17, 15) is 4.79 Å². The summed E-state index contributed by atoms with van der Waals surface area (Å²) in [6.45, 7) is 2.64. The number of hydrogen-bond donors (Lipinski definition) is 1. The molecule has 0 saturated heterocycles. The van der Waals surface area contributed by atoms with E-state index >= 15 is 0 Å². The van der Waals surface area contributed by atoms with Crippen molar-refractivity contribution in [3.63, 3.8) is 0 Å². The molecule has 4 nitrogen and oxygen atoms in total. The molecule has 1 unspecified atom stereocenters. The largest absolute Gasteiger partial charge is 0.481 e. The number of carboxylic acid groups (broad SMARTS) is 1. The summed E-state index contributed by atoms with van der Waals surface area (Å²) in [7, 11) is 1.92. The van der Waals surface area contributed by atoms with E-state index in [-0.39, 0.29) is 12.5 Å². The average Bonchev–Trinajstić information content (AvgIpc) is 2.66. The quantitative estimate of drug-likeness (QED) is 0.781. The maximum Gasteiger partial charge on any atom is 0.304 e. The van der Waals surface area contributed by atoms with Crippen molar-refractivity contribution in [2.24, 2.45) is 0 Å². The first kappa shape index (κ1) is 11.8. The van der Waals surface area contributed by atoms with E-state index in [4.69, 9.17) is 9.52 Å². The highest BCUT2D eigenvalue weighted by atomic mass is 16.4. The summed E-state index contributed by atoms with van der Waals surface area (Å²) >= 11 is 0. The molecule has 1 N–H and O–H groups in total. The second-order valence-electron chi connectivity index (χ2n) is 3.65. The van der Waals surface area contributed by atoms with Crippen molar-refractivity contribution in [3.8, 4) is 0 Å². The van der Waals surface area contributed by atoms with Crippen molar-refractivity contribution in [1.82, 2.24) is 4.90 Å². The van der Waals surface area contributed by atoms with Crippen LogP contribution >= 0.6 is 0 Å². The van der Waals surface area contributed by atoms with Gasteiger partial charge in [0.1, 0.15) is 5.76 Å². The molecule has 0 aromatic carbocycles. The Hall–Kier alpha value is -1.29. The summed E-state index contributed by atoms with van der Waals surface area (Å²) in [6, 6.07) is 3.79. The smallest absolute Gasteiger partial charge is 0.304 e. The van der Waals surface area contributed by atoms with Gasteiger partial charge in [-0.1, -0.05) is 6.92 Å². The zero-order valence-electron chi connectivity index (χ0n) is 9.14. The van der Waals surface area contributed by atoms with Gasteiger partial charge < -0.3 is 9.52 Å². The molecule has 1 atom stereocenters.